The molecule has 0 saturated heterocycles. The molecule has 0 aliphatic carbocycles. The highest BCUT2D eigenvalue weighted by Gasteiger charge is 2.18. The van der Waals surface area contributed by atoms with Crippen molar-refractivity contribution >= 4 is 33.2 Å². The van der Waals surface area contributed by atoms with Gasteiger partial charge in [0.1, 0.15) is 0 Å². The predicted molar refractivity (Wildman–Crippen MR) is 216 cm³/mol. The topological polar surface area (TPSA) is 8.17 Å². The Morgan fingerprint density at radius 2 is 0.843 bits per heavy atom. The molecule has 8 aromatic carbocycles. The van der Waals surface area contributed by atoms with Crippen LogP contribution in [0.4, 0.5) is 11.4 Å². The summed E-state index contributed by atoms with van der Waals surface area (Å²) in [4.78, 5) is 2.44. The van der Waals surface area contributed by atoms with Gasteiger partial charge in [-0.15, -0.1) is 0 Å². The van der Waals surface area contributed by atoms with Crippen molar-refractivity contribution < 1.29 is 0 Å². The SMILES string of the molecule is c1ccc(-c2ccc(CN(c3ccc(-c4ccccc4)cc3)c3ccc4c(c3)c3ccccc3n4-c3ccccc3-c3ccccc3)cc2)cc1. The number of hydrogen-bond acceptors (Lipinski definition) is 1. The largest absolute Gasteiger partial charge is 0.337 e. The second-order valence-corrected chi connectivity index (χ2v) is 13.0. The second-order valence-electron chi connectivity index (χ2n) is 13.0. The van der Waals surface area contributed by atoms with Crippen molar-refractivity contribution in [1.82, 2.24) is 4.57 Å². The van der Waals surface area contributed by atoms with Crippen molar-refractivity contribution in [2.45, 2.75) is 6.54 Å². The first-order valence-corrected chi connectivity index (χ1v) is 17.6. The number of rotatable bonds is 8. The molecule has 0 saturated carbocycles. The standard InChI is InChI=1S/C49H36N2/c1-4-14-37(15-5-1)39-26-24-36(25-27-39)35-50(42-30-28-40(29-31-42)38-16-6-2-7-17-38)43-32-33-49-46(34-43)45-21-11-13-23-48(45)51(49)47-22-12-10-20-44(47)41-18-8-3-9-19-41/h1-34H,35H2. The minimum absolute atomic E-state index is 0.737. The Labute approximate surface area is 299 Å². The van der Waals surface area contributed by atoms with Gasteiger partial charge in [-0.05, 0) is 75.8 Å². The van der Waals surface area contributed by atoms with Crippen LogP contribution in [0.25, 0.3) is 60.9 Å². The summed E-state index contributed by atoms with van der Waals surface area (Å²) in [5, 5.41) is 2.47. The Balaban J connectivity index is 1.17. The first-order valence-electron chi connectivity index (χ1n) is 17.6. The molecule has 1 heterocycles. The summed E-state index contributed by atoms with van der Waals surface area (Å²) in [7, 11) is 0. The number of hydrogen-bond donors (Lipinski definition) is 0. The second kappa shape index (κ2) is 13.3. The predicted octanol–water partition coefficient (Wildman–Crippen LogP) is 13.1. The first kappa shape index (κ1) is 30.4. The molecule has 2 heteroatoms. The van der Waals surface area contributed by atoms with E-state index >= 15 is 0 Å². The van der Waals surface area contributed by atoms with Crippen LogP contribution in [0.5, 0.6) is 0 Å². The summed E-state index contributed by atoms with van der Waals surface area (Å²) in [6.45, 7) is 0.737. The number of fused-ring (bicyclic) bond motifs is 3. The highest BCUT2D eigenvalue weighted by Crippen LogP contribution is 2.39. The average molecular weight is 653 g/mol. The molecular formula is C49H36N2. The zero-order valence-electron chi connectivity index (χ0n) is 28.2. The minimum atomic E-state index is 0.737. The molecule has 2 nitrogen and oxygen atoms in total. The molecule has 0 N–H and O–H groups in total. The molecule has 1 aromatic heterocycles. The van der Waals surface area contributed by atoms with E-state index in [4.69, 9.17) is 0 Å². The number of anilines is 2. The van der Waals surface area contributed by atoms with Crippen molar-refractivity contribution in [3.8, 4) is 39.1 Å². The maximum absolute atomic E-state index is 2.44. The molecule has 9 rings (SSSR count). The van der Waals surface area contributed by atoms with Crippen molar-refractivity contribution in [2.24, 2.45) is 0 Å². The third-order valence-electron chi connectivity index (χ3n) is 9.89. The van der Waals surface area contributed by atoms with Crippen LogP contribution in [0.3, 0.4) is 0 Å². The lowest BCUT2D eigenvalue weighted by Crippen LogP contribution is -2.16. The van der Waals surface area contributed by atoms with Crippen LogP contribution < -0.4 is 4.90 Å². The molecule has 9 aromatic rings. The lowest BCUT2D eigenvalue weighted by Gasteiger charge is -2.26. The lowest BCUT2D eigenvalue weighted by molar-refractivity contribution is 0.977. The van der Waals surface area contributed by atoms with Gasteiger partial charge in [0.15, 0.2) is 0 Å². The normalized spacial score (nSPS) is 11.2. The minimum Gasteiger partial charge on any atom is -0.337 e. The van der Waals surface area contributed by atoms with Gasteiger partial charge in [-0.2, -0.15) is 0 Å². The van der Waals surface area contributed by atoms with E-state index in [1.165, 1.54) is 66.4 Å². The number of aromatic nitrogens is 1. The molecule has 0 amide bonds. The highest BCUT2D eigenvalue weighted by molar-refractivity contribution is 6.11. The fourth-order valence-electron chi connectivity index (χ4n) is 7.33. The van der Waals surface area contributed by atoms with Gasteiger partial charge in [0, 0.05) is 34.3 Å². The van der Waals surface area contributed by atoms with Crippen molar-refractivity contribution in [1.29, 1.82) is 0 Å². The van der Waals surface area contributed by atoms with Crippen molar-refractivity contribution in [3.63, 3.8) is 0 Å². The van der Waals surface area contributed by atoms with Crippen LogP contribution in [0.15, 0.2) is 206 Å². The number of benzene rings is 8. The smallest absolute Gasteiger partial charge is 0.0542 e. The van der Waals surface area contributed by atoms with E-state index in [0.29, 0.717) is 0 Å². The van der Waals surface area contributed by atoms with Crippen LogP contribution >= 0.6 is 0 Å². The van der Waals surface area contributed by atoms with E-state index in [0.717, 1.165) is 17.9 Å². The fraction of sp³-hybridized carbons (Fsp3) is 0.0204. The highest BCUT2D eigenvalue weighted by atomic mass is 15.1. The van der Waals surface area contributed by atoms with Crippen LogP contribution in [0.2, 0.25) is 0 Å². The molecule has 0 radical (unpaired) electrons. The van der Waals surface area contributed by atoms with Crippen molar-refractivity contribution in [2.75, 3.05) is 4.90 Å². The first-order chi connectivity index (χ1) is 25.3. The van der Waals surface area contributed by atoms with Gasteiger partial charge >= 0.3 is 0 Å². The van der Waals surface area contributed by atoms with E-state index < -0.39 is 0 Å². The van der Waals surface area contributed by atoms with Crippen LogP contribution in [-0.2, 0) is 6.54 Å². The van der Waals surface area contributed by atoms with E-state index in [-0.39, 0.29) is 0 Å². The fourth-order valence-corrected chi connectivity index (χ4v) is 7.33. The molecule has 242 valence electrons. The summed E-state index contributed by atoms with van der Waals surface area (Å²) < 4.78 is 2.43. The zero-order chi connectivity index (χ0) is 34.0. The van der Waals surface area contributed by atoms with Gasteiger partial charge in [0.2, 0.25) is 0 Å². The van der Waals surface area contributed by atoms with Crippen LogP contribution in [0, 0.1) is 0 Å². The number of para-hydroxylation sites is 2. The molecule has 0 aliphatic heterocycles. The average Bonchev–Trinajstić information content (AvgIpc) is 3.55. The zero-order valence-corrected chi connectivity index (χ0v) is 28.2. The third-order valence-corrected chi connectivity index (χ3v) is 9.89. The molecule has 0 spiro atoms. The summed E-state index contributed by atoms with van der Waals surface area (Å²) in [5.74, 6) is 0. The summed E-state index contributed by atoms with van der Waals surface area (Å²) in [6.07, 6.45) is 0. The lowest BCUT2D eigenvalue weighted by atomic mass is 10.0. The van der Waals surface area contributed by atoms with Gasteiger partial charge < -0.3 is 9.47 Å². The maximum Gasteiger partial charge on any atom is 0.0542 e. The molecule has 0 unspecified atom stereocenters. The summed E-state index contributed by atoms with van der Waals surface area (Å²) in [5.41, 5.74) is 14.4. The van der Waals surface area contributed by atoms with Gasteiger partial charge in [-0.25, -0.2) is 0 Å². The monoisotopic (exact) mass is 652 g/mol. The quantitative estimate of drug-likeness (QED) is 0.159. The number of nitrogens with zero attached hydrogens (tertiary/aromatic N) is 2. The van der Waals surface area contributed by atoms with Crippen LogP contribution in [-0.4, -0.2) is 4.57 Å². The van der Waals surface area contributed by atoms with Gasteiger partial charge in [-0.1, -0.05) is 164 Å². The molecule has 0 fully saturated rings. The Morgan fingerprint density at radius 1 is 0.353 bits per heavy atom. The van der Waals surface area contributed by atoms with Crippen molar-refractivity contribution in [3.05, 3.63) is 212 Å². The van der Waals surface area contributed by atoms with E-state index in [1.807, 2.05) is 0 Å². The van der Waals surface area contributed by atoms with E-state index in [2.05, 4.69) is 216 Å². The van der Waals surface area contributed by atoms with Gasteiger partial charge in [0.05, 0.1) is 16.7 Å². The molecular weight excluding hydrogens is 617 g/mol. The van der Waals surface area contributed by atoms with E-state index in [9.17, 15) is 0 Å². The van der Waals surface area contributed by atoms with Gasteiger partial charge in [0.25, 0.3) is 0 Å². The van der Waals surface area contributed by atoms with E-state index in [1.54, 1.807) is 0 Å². The third kappa shape index (κ3) is 5.88. The Bertz CT molecular complexity index is 2570. The summed E-state index contributed by atoms with van der Waals surface area (Å²) in [6, 6.07) is 74.3. The Morgan fingerprint density at radius 3 is 1.51 bits per heavy atom. The Hall–Kier alpha value is -6.64. The van der Waals surface area contributed by atoms with Gasteiger partial charge in [-0.3, -0.25) is 0 Å². The maximum atomic E-state index is 2.44. The molecule has 0 atom stereocenters. The Kier molecular flexibility index (Phi) is 7.96. The molecule has 0 bridgehead atoms. The van der Waals surface area contributed by atoms with Crippen LogP contribution in [0.1, 0.15) is 5.56 Å². The summed E-state index contributed by atoms with van der Waals surface area (Å²) >= 11 is 0. The molecule has 0 aliphatic rings. The molecule has 51 heavy (non-hydrogen) atoms.